The molecule has 2 aromatic carbocycles. The molecular weight excluding hydrogens is 356 g/mol. The van der Waals surface area contributed by atoms with Crippen molar-refractivity contribution >= 4 is 29.1 Å². The smallest absolute Gasteiger partial charge is 0.227 e. The van der Waals surface area contributed by atoms with E-state index in [9.17, 15) is 0 Å². The van der Waals surface area contributed by atoms with Crippen molar-refractivity contribution in [3.8, 4) is 0 Å². The van der Waals surface area contributed by atoms with E-state index in [1.807, 2.05) is 36.5 Å². The number of nitrogens with zero attached hydrogens (tertiary/aromatic N) is 3. The number of nitrogens with one attached hydrogen (secondary N) is 1. The third-order valence-corrected chi connectivity index (χ3v) is 5.28. The first-order valence-corrected chi connectivity index (χ1v) is 9.78. The van der Waals surface area contributed by atoms with E-state index in [0.717, 1.165) is 47.9 Å². The van der Waals surface area contributed by atoms with E-state index in [4.69, 9.17) is 16.6 Å². The molecule has 4 rings (SSSR count). The third kappa shape index (κ3) is 4.77. The summed E-state index contributed by atoms with van der Waals surface area (Å²) in [4.78, 5) is 11.5. The van der Waals surface area contributed by atoms with E-state index in [-0.39, 0.29) is 0 Å². The van der Waals surface area contributed by atoms with Crippen LogP contribution in [-0.2, 0) is 6.42 Å². The van der Waals surface area contributed by atoms with Crippen LogP contribution in [-0.4, -0.2) is 23.1 Å². The van der Waals surface area contributed by atoms with Gasteiger partial charge >= 0.3 is 0 Å². The second-order valence-corrected chi connectivity index (χ2v) is 7.43. The molecule has 4 nitrogen and oxygen atoms in total. The number of benzene rings is 2. The summed E-state index contributed by atoms with van der Waals surface area (Å²) < 4.78 is 0. The van der Waals surface area contributed by atoms with Crippen LogP contribution >= 0.6 is 11.6 Å². The number of anilines is 3. The number of aromatic nitrogens is 2. The standard InChI is InChI=1S/C22H23ClN4/c23-19-6-8-20(9-7-19)25-21-10-13-24-22(26-21)27-14-11-18(12-15-27)16-17-4-2-1-3-5-17/h1-10,13,18H,11-12,14-16H2,(H,24,25,26). The van der Waals surface area contributed by atoms with Crippen LogP contribution in [0.1, 0.15) is 18.4 Å². The maximum Gasteiger partial charge on any atom is 0.227 e. The maximum absolute atomic E-state index is 5.94. The molecule has 0 aliphatic carbocycles. The first kappa shape index (κ1) is 17.8. The molecule has 1 fully saturated rings. The van der Waals surface area contributed by atoms with Gasteiger partial charge in [0.2, 0.25) is 5.95 Å². The highest BCUT2D eigenvalue weighted by molar-refractivity contribution is 6.30. The molecule has 5 heteroatoms. The molecular formula is C22H23ClN4. The van der Waals surface area contributed by atoms with Crippen molar-refractivity contribution < 1.29 is 0 Å². The minimum absolute atomic E-state index is 0.724. The van der Waals surface area contributed by atoms with Gasteiger partial charge in [0.05, 0.1) is 0 Å². The van der Waals surface area contributed by atoms with E-state index in [0.29, 0.717) is 0 Å². The predicted octanol–water partition coefficient (Wildman–Crippen LogP) is 5.33. The second kappa shape index (κ2) is 8.40. The van der Waals surface area contributed by atoms with E-state index in [1.54, 1.807) is 0 Å². The van der Waals surface area contributed by atoms with Gasteiger partial charge in [-0.2, -0.15) is 4.98 Å². The van der Waals surface area contributed by atoms with Gasteiger partial charge in [-0.05, 0) is 61.1 Å². The average Bonchev–Trinajstić information content (AvgIpc) is 2.71. The fourth-order valence-electron chi connectivity index (χ4n) is 3.54. The molecule has 0 spiro atoms. The van der Waals surface area contributed by atoms with E-state index >= 15 is 0 Å². The van der Waals surface area contributed by atoms with Crippen LogP contribution in [0.5, 0.6) is 0 Å². The molecule has 1 N–H and O–H groups in total. The molecule has 2 heterocycles. The Hall–Kier alpha value is -2.59. The highest BCUT2D eigenvalue weighted by Crippen LogP contribution is 2.25. The summed E-state index contributed by atoms with van der Waals surface area (Å²) in [5, 5.41) is 4.04. The van der Waals surface area contributed by atoms with Gasteiger partial charge in [-0.15, -0.1) is 0 Å². The summed E-state index contributed by atoms with van der Waals surface area (Å²) in [7, 11) is 0. The summed E-state index contributed by atoms with van der Waals surface area (Å²) in [6, 6.07) is 20.3. The lowest BCUT2D eigenvalue weighted by molar-refractivity contribution is 0.400. The molecule has 1 aliphatic heterocycles. The zero-order valence-electron chi connectivity index (χ0n) is 15.2. The molecule has 3 aromatic rings. The summed E-state index contributed by atoms with van der Waals surface area (Å²) in [6.45, 7) is 2.00. The molecule has 0 bridgehead atoms. The fourth-order valence-corrected chi connectivity index (χ4v) is 3.66. The Balaban J connectivity index is 1.36. The number of hydrogen-bond donors (Lipinski definition) is 1. The highest BCUT2D eigenvalue weighted by Gasteiger charge is 2.21. The molecule has 138 valence electrons. The molecule has 0 amide bonds. The summed E-state index contributed by atoms with van der Waals surface area (Å²) >= 11 is 5.94. The van der Waals surface area contributed by atoms with Crippen LogP contribution in [0.25, 0.3) is 0 Å². The molecule has 1 aromatic heterocycles. The van der Waals surface area contributed by atoms with Gasteiger partial charge < -0.3 is 10.2 Å². The topological polar surface area (TPSA) is 41.1 Å². The van der Waals surface area contributed by atoms with Crippen LogP contribution in [0.2, 0.25) is 5.02 Å². The Labute approximate surface area is 165 Å². The van der Waals surface area contributed by atoms with Crippen molar-refractivity contribution in [3.05, 3.63) is 77.4 Å². The largest absolute Gasteiger partial charge is 0.341 e. The molecule has 0 radical (unpaired) electrons. The van der Waals surface area contributed by atoms with Gasteiger partial charge in [0.25, 0.3) is 0 Å². The van der Waals surface area contributed by atoms with Gasteiger partial charge in [0.1, 0.15) is 5.82 Å². The Morgan fingerprint density at radius 1 is 0.963 bits per heavy atom. The third-order valence-electron chi connectivity index (χ3n) is 5.02. The lowest BCUT2D eigenvalue weighted by Gasteiger charge is -2.32. The number of halogens is 1. The minimum Gasteiger partial charge on any atom is -0.341 e. The van der Waals surface area contributed by atoms with E-state index in [1.165, 1.54) is 18.4 Å². The average molecular weight is 379 g/mol. The maximum atomic E-state index is 5.94. The SMILES string of the molecule is Clc1ccc(Nc2ccnc(N3CCC(Cc4ccccc4)CC3)n2)cc1. The predicted molar refractivity (Wildman–Crippen MR) is 112 cm³/mol. The molecule has 1 saturated heterocycles. The van der Waals surface area contributed by atoms with Crippen LogP contribution < -0.4 is 10.2 Å². The Morgan fingerprint density at radius 3 is 2.44 bits per heavy atom. The number of rotatable bonds is 5. The summed E-state index contributed by atoms with van der Waals surface area (Å²) in [5.41, 5.74) is 2.40. The Bertz CT molecular complexity index is 859. The summed E-state index contributed by atoms with van der Waals surface area (Å²) in [6.07, 6.45) is 5.32. The van der Waals surface area contributed by atoms with Gasteiger partial charge in [-0.3, -0.25) is 0 Å². The monoisotopic (exact) mass is 378 g/mol. The lowest BCUT2D eigenvalue weighted by atomic mass is 9.90. The van der Waals surface area contributed by atoms with Crippen molar-refractivity contribution in [2.24, 2.45) is 5.92 Å². The fraction of sp³-hybridized carbons (Fsp3) is 0.273. The number of hydrogen-bond acceptors (Lipinski definition) is 4. The van der Waals surface area contributed by atoms with Crippen molar-refractivity contribution in [3.63, 3.8) is 0 Å². The van der Waals surface area contributed by atoms with Crippen molar-refractivity contribution in [2.75, 3.05) is 23.3 Å². The first-order valence-electron chi connectivity index (χ1n) is 9.41. The molecule has 1 aliphatic rings. The van der Waals surface area contributed by atoms with Gasteiger partial charge in [-0.1, -0.05) is 41.9 Å². The van der Waals surface area contributed by atoms with E-state index < -0.39 is 0 Å². The quantitative estimate of drug-likeness (QED) is 0.651. The normalized spacial score (nSPS) is 14.9. The highest BCUT2D eigenvalue weighted by atomic mass is 35.5. The lowest BCUT2D eigenvalue weighted by Crippen LogP contribution is -2.35. The number of piperidine rings is 1. The van der Waals surface area contributed by atoms with Crippen molar-refractivity contribution in [1.29, 1.82) is 0 Å². The van der Waals surface area contributed by atoms with Crippen molar-refractivity contribution in [1.82, 2.24) is 9.97 Å². The van der Waals surface area contributed by atoms with Crippen LogP contribution in [0, 0.1) is 5.92 Å². The van der Waals surface area contributed by atoms with Crippen LogP contribution in [0.4, 0.5) is 17.5 Å². The van der Waals surface area contributed by atoms with Gasteiger partial charge in [0.15, 0.2) is 0 Å². The molecule has 0 unspecified atom stereocenters. The molecule has 27 heavy (non-hydrogen) atoms. The van der Waals surface area contributed by atoms with Crippen LogP contribution in [0.15, 0.2) is 66.9 Å². The minimum atomic E-state index is 0.724. The Kier molecular flexibility index (Phi) is 5.54. The Morgan fingerprint density at radius 2 is 1.70 bits per heavy atom. The van der Waals surface area contributed by atoms with Crippen LogP contribution in [0.3, 0.4) is 0 Å². The van der Waals surface area contributed by atoms with Gasteiger partial charge in [-0.25, -0.2) is 4.98 Å². The second-order valence-electron chi connectivity index (χ2n) is 6.99. The summed E-state index contributed by atoms with van der Waals surface area (Å²) in [5.74, 6) is 2.33. The van der Waals surface area contributed by atoms with E-state index in [2.05, 4.69) is 45.5 Å². The molecule has 0 atom stereocenters. The van der Waals surface area contributed by atoms with Gasteiger partial charge in [0, 0.05) is 30.0 Å². The molecule has 0 saturated carbocycles. The zero-order chi connectivity index (χ0) is 18.5. The zero-order valence-corrected chi connectivity index (χ0v) is 15.9. The van der Waals surface area contributed by atoms with Crippen molar-refractivity contribution in [2.45, 2.75) is 19.3 Å². The first-order chi connectivity index (χ1) is 13.3.